The summed E-state index contributed by atoms with van der Waals surface area (Å²) < 4.78 is 3.33. The summed E-state index contributed by atoms with van der Waals surface area (Å²) in [6.45, 7) is 0. The maximum atomic E-state index is 5.10. The summed E-state index contributed by atoms with van der Waals surface area (Å²) >= 11 is 3.66. The molecule has 0 saturated carbocycles. The maximum Gasteiger partial charge on any atom is 0.145 e. The van der Waals surface area contributed by atoms with E-state index in [2.05, 4.69) is 172 Å². The largest absolute Gasteiger partial charge is 0.292 e. The second-order valence-corrected chi connectivity index (χ2v) is 11.4. The minimum atomic E-state index is -0.425. The lowest BCUT2D eigenvalue weighted by molar-refractivity contribution is 0.768. The summed E-state index contributed by atoms with van der Waals surface area (Å²) in [5.41, 5.74) is 11.5. The smallest absolute Gasteiger partial charge is 0.145 e. The fraction of sp³-hybridized carbons (Fsp3) is 0.0263. The van der Waals surface area contributed by atoms with Gasteiger partial charge in [-0.15, -0.1) is 0 Å². The minimum Gasteiger partial charge on any atom is -0.292 e. The van der Waals surface area contributed by atoms with Crippen molar-refractivity contribution in [2.75, 3.05) is 0 Å². The average Bonchev–Trinajstić information content (AvgIpc) is 3.57. The first-order chi connectivity index (χ1) is 20.2. The van der Waals surface area contributed by atoms with E-state index in [9.17, 15) is 0 Å². The van der Waals surface area contributed by atoms with Gasteiger partial charge < -0.3 is 0 Å². The Morgan fingerprint density at radius 3 is 1.71 bits per heavy atom. The SMILES string of the molecule is Brc1ccc(C2(c3ccc(-c4nc5ccccc5n4-c4ccccc4)cc3)c3ccccc3-c3ccccc32)cc1. The van der Waals surface area contributed by atoms with Crippen molar-refractivity contribution in [3.63, 3.8) is 0 Å². The maximum absolute atomic E-state index is 5.10. The fourth-order valence-electron chi connectivity index (χ4n) is 6.65. The minimum absolute atomic E-state index is 0.425. The Kier molecular flexibility index (Phi) is 5.54. The van der Waals surface area contributed by atoms with E-state index in [1.807, 2.05) is 0 Å². The van der Waals surface area contributed by atoms with Crippen LogP contribution in [-0.4, -0.2) is 9.55 Å². The Hall–Kier alpha value is -4.73. The van der Waals surface area contributed by atoms with Crippen LogP contribution in [0, 0.1) is 0 Å². The van der Waals surface area contributed by atoms with Crippen LogP contribution in [0.1, 0.15) is 22.3 Å². The summed E-state index contributed by atoms with van der Waals surface area (Å²) in [6, 6.07) is 54.4. The molecule has 0 fully saturated rings. The Labute approximate surface area is 247 Å². The van der Waals surface area contributed by atoms with Gasteiger partial charge in [-0.2, -0.15) is 0 Å². The third-order valence-electron chi connectivity index (χ3n) is 8.38. The molecule has 0 spiro atoms. The third kappa shape index (κ3) is 3.59. The predicted octanol–water partition coefficient (Wildman–Crippen LogP) is 9.82. The van der Waals surface area contributed by atoms with Gasteiger partial charge in [-0.1, -0.05) is 131 Å². The molecular weight excluding hydrogens is 564 g/mol. The summed E-state index contributed by atoms with van der Waals surface area (Å²) in [6.07, 6.45) is 0. The number of para-hydroxylation sites is 3. The molecule has 8 rings (SSSR count). The van der Waals surface area contributed by atoms with E-state index in [4.69, 9.17) is 4.98 Å². The quantitative estimate of drug-likeness (QED) is 0.200. The van der Waals surface area contributed by atoms with E-state index in [1.165, 1.54) is 33.4 Å². The van der Waals surface area contributed by atoms with Crippen molar-refractivity contribution in [2.24, 2.45) is 0 Å². The molecule has 41 heavy (non-hydrogen) atoms. The van der Waals surface area contributed by atoms with E-state index >= 15 is 0 Å². The number of hydrogen-bond acceptors (Lipinski definition) is 1. The molecular formula is C38H25BrN2. The molecule has 0 saturated heterocycles. The van der Waals surface area contributed by atoms with Gasteiger partial charge in [-0.05, 0) is 69.8 Å². The van der Waals surface area contributed by atoms with Crippen LogP contribution >= 0.6 is 15.9 Å². The lowest BCUT2D eigenvalue weighted by Gasteiger charge is -2.34. The molecule has 1 heterocycles. The van der Waals surface area contributed by atoms with Crippen LogP contribution in [0.2, 0.25) is 0 Å². The van der Waals surface area contributed by atoms with Crippen LogP contribution in [-0.2, 0) is 5.41 Å². The molecule has 0 atom stereocenters. The Balaban J connectivity index is 1.37. The monoisotopic (exact) mass is 588 g/mol. The van der Waals surface area contributed by atoms with Gasteiger partial charge >= 0.3 is 0 Å². The van der Waals surface area contributed by atoms with Gasteiger partial charge in [0.25, 0.3) is 0 Å². The van der Waals surface area contributed by atoms with Crippen molar-refractivity contribution in [1.29, 1.82) is 0 Å². The molecule has 1 aliphatic rings. The zero-order chi connectivity index (χ0) is 27.4. The average molecular weight is 590 g/mol. The third-order valence-corrected chi connectivity index (χ3v) is 8.91. The summed E-state index contributed by atoms with van der Waals surface area (Å²) in [7, 11) is 0. The number of nitrogens with zero attached hydrogens (tertiary/aromatic N) is 2. The number of imidazole rings is 1. The molecule has 3 heteroatoms. The van der Waals surface area contributed by atoms with Gasteiger partial charge in [0, 0.05) is 15.7 Å². The fourth-order valence-corrected chi connectivity index (χ4v) is 6.92. The van der Waals surface area contributed by atoms with Crippen molar-refractivity contribution in [2.45, 2.75) is 5.41 Å². The summed E-state index contributed by atoms with van der Waals surface area (Å²) in [5.74, 6) is 0.939. The molecule has 0 N–H and O–H groups in total. The molecule has 0 aliphatic heterocycles. The van der Waals surface area contributed by atoms with Gasteiger partial charge in [-0.3, -0.25) is 4.57 Å². The van der Waals surface area contributed by atoms with E-state index < -0.39 is 5.41 Å². The van der Waals surface area contributed by atoms with Crippen LogP contribution in [0.25, 0.3) is 39.2 Å². The zero-order valence-corrected chi connectivity index (χ0v) is 23.8. The van der Waals surface area contributed by atoms with Crippen LogP contribution in [0.5, 0.6) is 0 Å². The van der Waals surface area contributed by atoms with E-state index in [1.54, 1.807) is 0 Å². The Morgan fingerprint density at radius 2 is 1.05 bits per heavy atom. The van der Waals surface area contributed by atoms with Crippen molar-refractivity contribution in [3.8, 4) is 28.2 Å². The molecule has 0 bridgehead atoms. The molecule has 6 aromatic carbocycles. The highest BCUT2D eigenvalue weighted by Gasteiger charge is 2.45. The first kappa shape index (κ1) is 24.1. The highest BCUT2D eigenvalue weighted by atomic mass is 79.9. The lowest BCUT2D eigenvalue weighted by Crippen LogP contribution is -2.28. The topological polar surface area (TPSA) is 17.8 Å². The lowest BCUT2D eigenvalue weighted by atomic mass is 9.67. The highest BCUT2D eigenvalue weighted by Crippen LogP contribution is 2.56. The first-order valence-electron chi connectivity index (χ1n) is 13.8. The zero-order valence-electron chi connectivity index (χ0n) is 22.2. The van der Waals surface area contributed by atoms with Gasteiger partial charge in [0.1, 0.15) is 5.82 Å². The van der Waals surface area contributed by atoms with Crippen molar-refractivity contribution in [3.05, 3.63) is 178 Å². The number of rotatable bonds is 4. The van der Waals surface area contributed by atoms with Crippen LogP contribution in [0.3, 0.4) is 0 Å². The molecule has 0 amide bonds. The standard InChI is InChI=1S/C38H25BrN2/c39-29-24-22-28(23-25-29)38(33-14-6-4-12-31(33)32-13-5-7-15-34(32)38)27-20-18-26(19-21-27)37-40-35-16-8-9-17-36(35)41(37)30-10-2-1-3-11-30/h1-25H. The van der Waals surface area contributed by atoms with Gasteiger partial charge in [0.05, 0.1) is 16.4 Å². The summed E-state index contributed by atoms with van der Waals surface area (Å²) in [5, 5.41) is 0. The molecule has 7 aromatic rings. The van der Waals surface area contributed by atoms with Gasteiger partial charge in [0.15, 0.2) is 0 Å². The normalized spacial score (nSPS) is 13.2. The molecule has 1 aromatic heterocycles. The summed E-state index contributed by atoms with van der Waals surface area (Å²) in [4.78, 5) is 5.10. The predicted molar refractivity (Wildman–Crippen MR) is 172 cm³/mol. The molecule has 0 radical (unpaired) electrons. The molecule has 1 aliphatic carbocycles. The number of benzene rings is 6. The molecule has 0 unspecified atom stereocenters. The highest BCUT2D eigenvalue weighted by molar-refractivity contribution is 9.10. The van der Waals surface area contributed by atoms with Crippen LogP contribution < -0.4 is 0 Å². The molecule has 2 nitrogen and oxygen atoms in total. The second kappa shape index (κ2) is 9.43. The van der Waals surface area contributed by atoms with Crippen molar-refractivity contribution < 1.29 is 0 Å². The Morgan fingerprint density at radius 1 is 0.512 bits per heavy atom. The number of hydrogen-bond donors (Lipinski definition) is 0. The van der Waals surface area contributed by atoms with E-state index in [0.717, 1.165) is 32.6 Å². The van der Waals surface area contributed by atoms with Gasteiger partial charge in [-0.25, -0.2) is 4.98 Å². The van der Waals surface area contributed by atoms with Crippen LogP contribution in [0.4, 0.5) is 0 Å². The second-order valence-electron chi connectivity index (χ2n) is 10.5. The Bertz CT molecular complexity index is 1990. The molecule has 194 valence electrons. The number of halogens is 1. The van der Waals surface area contributed by atoms with E-state index in [0.29, 0.717) is 0 Å². The van der Waals surface area contributed by atoms with Crippen molar-refractivity contribution >= 4 is 27.0 Å². The van der Waals surface area contributed by atoms with Crippen LogP contribution in [0.15, 0.2) is 156 Å². The van der Waals surface area contributed by atoms with Crippen molar-refractivity contribution in [1.82, 2.24) is 9.55 Å². The number of aromatic nitrogens is 2. The van der Waals surface area contributed by atoms with Gasteiger partial charge in [0.2, 0.25) is 0 Å². The first-order valence-corrected chi connectivity index (χ1v) is 14.6. The number of fused-ring (bicyclic) bond motifs is 4. The van der Waals surface area contributed by atoms with E-state index in [-0.39, 0.29) is 0 Å².